The minimum Gasteiger partial charge on any atom is -0.388 e. The standard InChI is InChI=1S/C13H24N2O/c14-9-13(16)6-5-12-7-10(13)8-15(12)11-3-1-2-4-11/h10-12,16H,1-9,14H2. The minimum atomic E-state index is -0.552. The fraction of sp³-hybridized carbons (Fsp3) is 1.00. The van der Waals surface area contributed by atoms with Gasteiger partial charge in [0.25, 0.3) is 0 Å². The first-order chi connectivity index (χ1) is 7.73. The molecule has 0 amide bonds. The van der Waals surface area contributed by atoms with Crippen molar-refractivity contribution in [3.8, 4) is 0 Å². The molecule has 16 heavy (non-hydrogen) atoms. The van der Waals surface area contributed by atoms with Crippen LogP contribution in [0.2, 0.25) is 0 Å². The molecule has 3 N–H and O–H groups in total. The first kappa shape index (κ1) is 11.0. The van der Waals surface area contributed by atoms with Gasteiger partial charge in [-0.3, -0.25) is 4.90 Å². The fourth-order valence-corrected chi connectivity index (χ4v) is 4.19. The van der Waals surface area contributed by atoms with E-state index in [2.05, 4.69) is 4.90 Å². The van der Waals surface area contributed by atoms with Gasteiger partial charge in [0.2, 0.25) is 0 Å². The molecule has 3 aliphatic rings. The Kier molecular flexibility index (Phi) is 2.73. The van der Waals surface area contributed by atoms with E-state index in [1.54, 1.807) is 0 Å². The van der Waals surface area contributed by atoms with Gasteiger partial charge in [0.05, 0.1) is 5.60 Å². The fourth-order valence-electron chi connectivity index (χ4n) is 4.19. The van der Waals surface area contributed by atoms with Crippen LogP contribution in [-0.2, 0) is 0 Å². The Bertz CT molecular complexity index is 265. The summed E-state index contributed by atoms with van der Waals surface area (Å²) in [5, 5.41) is 10.5. The number of rotatable bonds is 2. The van der Waals surface area contributed by atoms with Crippen LogP contribution in [0.25, 0.3) is 0 Å². The summed E-state index contributed by atoms with van der Waals surface area (Å²) in [5.74, 6) is 0.442. The quantitative estimate of drug-likeness (QED) is 0.738. The van der Waals surface area contributed by atoms with E-state index in [-0.39, 0.29) is 0 Å². The Morgan fingerprint density at radius 3 is 2.62 bits per heavy atom. The van der Waals surface area contributed by atoms with Gasteiger partial charge in [-0.2, -0.15) is 0 Å². The molecule has 1 heterocycles. The van der Waals surface area contributed by atoms with Crippen LogP contribution in [0.15, 0.2) is 0 Å². The summed E-state index contributed by atoms with van der Waals surface area (Å²) in [5.41, 5.74) is 5.20. The van der Waals surface area contributed by atoms with Gasteiger partial charge in [0.15, 0.2) is 0 Å². The highest BCUT2D eigenvalue weighted by atomic mass is 16.3. The van der Waals surface area contributed by atoms with Crippen molar-refractivity contribution in [2.45, 2.75) is 62.6 Å². The van der Waals surface area contributed by atoms with Crippen LogP contribution in [0.5, 0.6) is 0 Å². The van der Waals surface area contributed by atoms with Crippen molar-refractivity contribution in [3.63, 3.8) is 0 Å². The van der Waals surface area contributed by atoms with Crippen molar-refractivity contribution >= 4 is 0 Å². The highest BCUT2D eigenvalue weighted by Gasteiger charge is 2.49. The van der Waals surface area contributed by atoms with Crippen molar-refractivity contribution in [1.82, 2.24) is 4.90 Å². The molecule has 2 saturated carbocycles. The number of aliphatic hydroxyl groups is 1. The molecule has 1 aliphatic heterocycles. The van der Waals surface area contributed by atoms with Gasteiger partial charge in [-0.1, -0.05) is 12.8 Å². The van der Waals surface area contributed by atoms with Gasteiger partial charge >= 0.3 is 0 Å². The van der Waals surface area contributed by atoms with E-state index in [0.29, 0.717) is 12.5 Å². The normalized spacial score (nSPS) is 45.4. The van der Waals surface area contributed by atoms with Crippen LogP contribution >= 0.6 is 0 Å². The maximum Gasteiger partial charge on any atom is 0.0810 e. The molecule has 3 heteroatoms. The van der Waals surface area contributed by atoms with Crippen molar-refractivity contribution < 1.29 is 5.11 Å². The van der Waals surface area contributed by atoms with Gasteiger partial charge in [0.1, 0.15) is 0 Å². The molecular formula is C13H24N2O. The number of hydrogen-bond donors (Lipinski definition) is 2. The van der Waals surface area contributed by atoms with Crippen molar-refractivity contribution in [2.24, 2.45) is 11.7 Å². The summed E-state index contributed by atoms with van der Waals surface area (Å²) < 4.78 is 0. The average Bonchev–Trinajstić information content (AvgIpc) is 2.92. The molecule has 0 aromatic carbocycles. The topological polar surface area (TPSA) is 49.5 Å². The molecule has 0 aromatic rings. The van der Waals surface area contributed by atoms with Crippen molar-refractivity contribution in [1.29, 1.82) is 0 Å². The Morgan fingerprint density at radius 2 is 1.94 bits per heavy atom. The second-order valence-corrected chi connectivity index (χ2v) is 6.07. The lowest BCUT2D eigenvalue weighted by Crippen LogP contribution is -2.47. The highest BCUT2D eigenvalue weighted by Crippen LogP contribution is 2.44. The van der Waals surface area contributed by atoms with Crippen LogP contribution < -0.4 is 5.73 Å². The molecule has 3 rings (SSSR count). The third-order valence-corrected chi connectivity index (χ3v) is 5.27. The first-order valence-corrected chi connectivity index (χ1v) is 6.91. The highest BCUT2D eigenvalue weighted by molar-refractivity contribution is 5.04. The van der Waals surface area contributed by atoms with Gasteiger partial charge in [-0.15, -0.1) is 0 Å². The lowest BCUT2D eigenvalue weighted by Gasteiger charge is -2.36. The Morgan fingerprint density at radius 1 is 1.19 bits per heavy atom. The van der Waals surface area contributed by atoms with Crippen LogP contribution in [0.3, 0.4) is 0 Å². The zero-order valence-electron chi connectivity index (χ0n) is 10.1. The summed E-state index contributed by atoms with van der Waals surface area (Å²) in [6, 6.07) is 1.56. The summed E-state index contributed by atoms with van der Waals surface area (Å²) in [6.07, 6.45) is 8.82. The van der Waals surface area contributed by atoms with Crippen LogP contribution in [-0.4, -0.2) is 40.8 Å². The molecule has 3 atom stereocenters. The van der Waals surface area contributed by atoms with Gasteiger partial charge < -0.3 is 10.8 Å². The number of nitrogens with two attached hydrogens (primary N) is 1. The molecule has 3 nitrogen and oxygen atoms in total. The molecule has 3 unspecified atom stereocenters. The van der Waals surface area contributed by atoms with E-state index < -0.39 is 5.60 Å². The molecule has 92 valence electrons. The first-order valence-electron chi connectivity index (χ1n) is 6.91. The smallest absolute Gasteiger partial charge is 0.0810 e. The minimum absolute atomic E-state index is 0.442. The third kappa shape index (κ3) is 1.60. The molecular weight excluding hydrogens is 200 g/mol. The summed E-state index contributed by atoms with van der Waals surface area (Å²) >= 11 is 0. The Labute approximate surface area is 98.0 Å². The molecule has 1 saturated heterocycles. The number of hydrogen-bond acceptors (Lipinski definition) is 3. The van der Waals surface area contributed by atoms with E-state index in [0.717, 1.165) is 31.5 Å². The van der Waals surface area contributed by atoms with Crippen molar-refractivity contribution in [2.75, 3.05) is 13.1 Å². The van der Waals surface area contributed by atoms with Gasteiger partial charge in [-0.05, 0) is 32.1 Å². The van der Waals surface area contributed by atoms with Crippen LogP contribution in [0, 0.1) is 5.92 Å². The Hall–Kier alpha value is -0.120. The molecule has 0 aromatic heterocycles. The third-order valence-electron chi connectivity index (χ3n) is 5.27. The van der Waals surface area contributed by atoms with E-state index in [9.17, 15) is 5.11 Å². The van der Waals surface area contributed by atoms with E-state index in [1.165, 1.54) is 32.1 Å². The van der Waals surface area contributed by atoms with Gasteiger partial charge in [0, 0.05) is 31.1 Å². The Balaban J connectivity index is 1.72. The molecule has 0 radical (unpaired) electrons. The summed E-state index contributed by atoms with van der Waals surface area (Å²) in [7, 11) is 0. The van der Waals surface area contributed by atoms with Crippen LogP contribution in [0.1, 0.15) is 44.9 Å². The molecule has 2 bridgehead atoms. The van der Waals surface area contributed by atoms with E-state index >= 15 is 0 Å². The predicted molar refractivity (Wildman–Crippen MR) is 64.1 cm³/mol. The summed E-state index contributed by atoms with van der Waals surface area (Å²) in [4.78, 5) is 2.70. The van der Waals surface area contributed by atoms with E-state index in [4.69, 9.17) is 5.73 Å². The monoisotopic (exact) mass is 224 g/mol. The second-order valence-electron chi connectivity index (χ2n) is 6.07. The van der Waals surface area contributed by atoms with Gasteiger partial charge in [-0.25, -0.2) is 0 Å². The number of fused-ring (bicyclic) bond motifs is 2. The largest absolute Gasteiger partial charge is 0.388 e. The number of nitrogens with zero attached hydrogens (tertiary/aromatic N) is 1. The average molecular weight is 224 g/mol. The lowest BCUT2D eigenvalue weighted by molar-refractivity contribution is -0.0246. The summed E-state index contributed by atoms with van der Waals surface area (Å²) in [6.45, 7) is 1.55. The maximum atomic E-state index is 10.5. The number of likely N-dealkylation sites (tertiary alicyclic amines) is 1. The maximum absolute atomic E-state index is 10.5. The van der Waals surface area contributed by atoms with E-state index in [1.807, 2.05) is 0 Å². The predicted octanol–water partition coefficient (Wildman–Crippen LogP) is 1.10. The second kappa shape index (κ2) is 3.97. The molecule has 2 aliphatic carbocycles. The zero-order chi connectivity index (χ0) is 11.2. The molecule has 3 fully saturated rings. The zero-order valence-corrected chi connectivity index (χ0v) is 10.1. The SMILES string of the molecule is NCC1(O)CCC2CC1CN2C1CCCC1. The lowest BCUT2D eigenvalue weighted by atomic mass is 9.76. The van der Waals surface area contributed by atoms with Crippen LogP contribution in [0.4, 0.5) is 0 Å². The van der Waals surface area contributed by atoms with Crippen molar-refractivity contribution in [3.05, 3.63) is 0 Å². The molecule has 0 spiro atoms.